The van der Waals surface area contributed by atoms with Crippen molar-refractivity contribution in [1.82, 2.24) is 9.80 Å². The van der Waals surface area contributed by atoms with Gasteiger partial charge in [0.15, 0.2) is 0 Å². The molecule has 0 N–H and O–H groups in total. The molecular formula is C27H29N5O6. The molecule has 0 saturated heterocycles. The fourth-order valence-electron chi connectivity index (χ4n) is 4.33. The van der Waals surface area contributed by atoms with Gasteiger partial charge in [0.05, 0.1) is 28.7 Å². The summed E-state index contributed by atoms with van der Waals surface area (Å²) in [6, 6.07) is 12.7. The van der Waals surface area contributed by atoms with Crippen LogP contribution in [-0.4, -0.2) is 64.6 Å². The molecule has 2 aromatic rings. The lowest BCUT2D eigenvalue weighted by Crippen LogP contribution is -2.48. The zero-order chi connectivity index (χ0) is 28.0. The molecule has 3 amide bonds. The second-order valence-electron chi connectivity index (χ2n) is 9.26. The fourth-order valence-corrected chi connectivity index (χ4v) is 4.33. The van der Waals surface area contributed by atoms with Gasteiger partial charge in [-0.05, 0) is 57.0 Å². The molecule has 0 radical (unpaired) electrons. The zero-order valence-electron chi connectivity index (χ0n) is 21.7. The average Bonchev–Trinajstić information content (AvgIpc) is 2.88. The van der Waals surface area contributed by atoms with Crippen LogP contribution in [0.3, 0.4) is 0 Å². The molecule has 2 unspecified atom stereocenters. The predicted octanol–water partition coefficient (Wildman–Crippen LogP) is 4.13. The Bertz CT molecular complexity index is 1300. The van der Waals surface area contributed by atoms with Crippen LogP contribution >= 0.6 is 0 Å². The Morgan fingerprint density at radius 1 is 1.24 bits per heavy atom. The van der Waals surface area contributed by atoms with Crippen molar-refractivity contribution >= 4 is 29.3 Å². The summed E-state index contributed by atoms with van der Waals surface area (Å²) in [5.41, 5.74) is 1.38. The minimum Gasteiger partial charge on any atom is -0.462 e. The molecule has 11 nitrogen and oxygen atoms in total. The lowest BCUT2D eigenvalue weighted by atomic mass is 9.86. The van der Waals surface area contributed by atoms with Gasteiger partial charge in [-0.15, -0.1) is 0 Å². The Balaban J connectivity index is 1.85. The zero-order valence-corrected chi connectivity index (χ0v) is 21.7. The number of nitro groups is 1. The topological polar surface area (TPSA) is 146 Å². The molecular weight excluding hydrogens is 490 g/mol. The number of ether oxygens (including phenoxy) is 1. The summed E-state index contributed by atoms with van der Waals surface area (Å²) in [5, 5.41) is 20.4. The maximum Gasteiger partial charge on any atom is 0.344 e. The normalized spacial score (nSPS) is 17.0. The van der Waals surface area contributed by atoms with Crippen molar-refractivity contribution in [2.75, 3.05) is 20.1 Å². The van der Waals surface area contributed by atoms with E-state index in [1.165, 1.54) is 28.0 Å². The number of nitro benzene ring substituents is 1. The first-order chi connectivity index (χ1) is 18.0. The van der Waals surface area contributed by atoms with Gasteiger partial charge in [-0.1, -0.05) is 12.1 Å². The highest BCUT2D eigenvalue weighted by Gasteiger charge is 2.43. The van der Waals surface area contributed by atoms with Crippen LogP contribution in [-0.2, 0) is 9.53 Å². The number of esters is 1. The lowest BCUT2D eigenvalue weighted by molar-refractivity contribution is -0.385. The Kier molecular flexibility index (Phi) is 8.91. The largest absolute Gasteiger partial charge is 0.462 e. The van der Waals surface area contributed by atoms with Gasteiger partial charge < -0.3 is 14.5 Å². The minimum absolute atomic E-state index is 0.138. The van der Waals surface area contributed by atoms with Crippen LogP contribution in [0.15, 0.2) is 53.5 Å². The van der Waals surface area contributed by atoms with Crippen molar-refractivity contribution in [2.24, 2.45) is 10.9 Å². The van der Waals surface area contributed by atoms with E-state index in [4.69, 9.17) is 10.00 Å². The van der Waals surface area contributed by atoms with Crippen LogP contribution in [0.2, 0.25) is 0 Å². The van der Waals surface area contributed by atoms with E-state index in [0.717, 1.165) is 0 Å². The van der Waals surface area contributed by atoms with E-state index in [-0.39, 0.29) is 30.4 Å². The third-order valence-corrected chi connectivity index (χ3v) is 6.15. The van der Waals surface area contributed by atoms with E-state index in [1.807, 2.05) is 6.07 Å². The molecule has 3 rings (SSSR count). The monoisotopic (exact) mass is 519 g/mol. The van der Waals surface area contributed by atoms with E-state index in [9.17, 15) is 24.5 Å². The molecule has 1 heterocycles. The van der Waals surface area contributed by atoms with Gasteiger partial charge in [-0.2, -0.15) is 5.26 Å². The van der Waals surface area contributed by atoms with E-state index in [0.29, 0.717) is 23.1 Å². The number of hydrogen-bond donors (Lipinski definition) is 0. The standard InChI is InChI=1S/C27H29N5O6/c1-17(2)38-26(34)23-18(3)29-27(35)31(24(23)21-7-5-8-22(15-21)32(36)37)14-6-13-30(4)25(33)20-11-9-19(16-28)10-12-20/h5,7-12,15,17,23-24H,6,13-14H2,1-4H3. The molecule has 0 saturated carbocycles. The highest BCUT2D eigenvalue weighted by atomic mass is 16.6. The molecule has 0 aliphatic carbocycles. The number of urea groups is 1. The van der Waals surface area contributed by atoms with E-state index >= 15 is 0 Å². The van der Waals surface area contributed by atoms with Crippen LogP contribution in [0.1, 0.15) is 54.7 Å². The molecule has 0 spiro atoms. The maximum atomic E-state index is 13.1. The number of benzene rings is 2. The SMILES string of the molecule is CC1=NC(=O)N(CCCN(C)C(=O)c2ccc(C#N)cc2)C(c2cccc([N+](=O)[O-])c2)C1C(=O)OC(C)C. The van der Waals surface area contributed by atoms with Gasteiger partial charge in [-0.25, -0.2) is 9.79 Å². The third-order valence-electron chi connectivity index (χ3n) is 6.15. The lowest BCUT2D eigenvalue weighted by Gasteiger charge is -2.39. The Morgan fingerprint density at radius 2 is 1.92 bits per heavy atom. The fraction of sp³-hybridized carbons (Fsp3) is 0.370. The van der Waals surface area contributed by atoms with Gasteiger partial charge in [0.25, 0.3) is 11.6 Å². The van der Waals surface area contributed by atoms with Crippen molar-refractivity contribution in [1.29, 1.82) is 5.26 Å². The summed E-state index contributed by atoms with van der Waals surface area (Å²) in [4.78, 5) is 56.8. The molecule has 38 heavy (non-hydrogen) atoms. The first-order valence-corrected chi connectivity index (χ1v) is 12.1. The second kappa shape index (κ2) is 12.1. The quantitative estimate of drug-likeness (QED) is 0.275. The number of carbonyl (C=O) groups is 3. The van der Waals surface area contributed by atoms with Crippen LogP contribution in [0, 0.1) is 27.4 Å². The summed E-state index contributed by atoms with van der Waals surface area (Å²) in [7, 11) is 1.63. The summed E-state index contributed by atoms with van der Waals surface area (Å²) in [6.45, 7) is 5.40. The molecule has 2 atom stereocenters. The molecule has 0 bridgehead atoms. The first-order valence-electron chi connectivity index (χ1n) is 12.1. The first kappa shape index (κ1) is 28.0. The van der Waals surface area contributed by atoms with Crippen molar-refractivity contribution in [3.63, 3.8) is 0 Å². The number of nitriles is 1. The van der Waals surface area contributed by atoms with Crippen LogP contribution in [0.5, 0.6) is 0 Å². The smallest absolute Gasteiger partial charge is 0.344 e. The van der Waals surface area contributed by atoms with E-state index in [2.05, 4.69) is 4.99 Å². The molecule has 1 aliphatic heterocycles. The minimum atomic E-state index is -0.949. The number of aliphatic imine (C=N–C) groups is 1. The van der Waals surface area contributed by atoms with Crippen molar-refractivity contribution < 1.29 is 24.0 Å². The van der Waals surface area contributed by atoms with Crippen molar-refractivity contribution in [3.8, 4) is 6.07 Å². The van der Waals surface area contributed by atoms with Crippen LogP contribution in [0.25, 0.3) is 0 Å². The molecule has 1 aliphatic rings. The summed E-state index contributed by atoms with van der Waals surface area (Å²) >= 11 is 0. The van der Waals surface area contributed by atoms with Crippen molar-refractivity contribution in [2.45, 2.75) is 39.3 Å². The molecule has 0 fully saturated rings. The Hall–Kier alpha value is -4.59. The molecule has 0 aromatic heterocycles. The Labute approximate surface area is 220 Å². The number of non-ortho nitro benzene ring substituents is 1. The molecule has 198 valence electrons. The summed E-state index contributed by atoms with van der Waals surface area (Å²) < 4.78 is 5.45. The second-order valence-corrected chi connectivity index (χ2v) is 9.26. The van der Waals surface area contributed by atoms with Gasteiger partial charge in [0.2, 0.25) is 0 Å². The van der Waals surface area contributed by atoms with E-state index < -0.39 is 35.0 Å². The van der Waals surface area contributed by atoms with Gasteiger partial charge in [0.1, 0.15) is 5.92 Å². The van der Waals surface area contributed by atoms with Crippen molar-refractivity contribution in [3.05, 3.63) is 75.3 Å². The third kappa shape index (κ3) is 6.39. The van der Waals surface area contributed by atoms with E-state index in [1.54, 1.807) is 58.2 Å². The highest BCUT2D eigenvalue weighted by Crippen LogP contribution is 2.36. The average molecular weight is 520 g/mol. The maximum absolute atomic E-state index is 13.1. The number of hydrogen-bond acceptors (Lipinski definition) is 7. The van der Waals surface area contributed by atoms with Gasteiger partial charge in [-0.3, -0.25) is 19.7 Å². The predicted molar refractivity (Wildman–Crippen MR) is 139 cm³/mol. The molecule has 2 aromatic carbocycles. The number of amides is 3. The number of nitrogens with zero attached hydrogens (tertiary/aromatic N) is 5. The van der Waals surface area contributed by atoms with Crippen LogP contribution < -0.4 is 0 Å². The highest BCUT2D eigenvalue weighted by molar-refractivity contribution is 6.08. The van der Waals surface area contributed by atoms with Gasteiger partial charge >= 0.3 is 12.0 Å². The number of carbonyl (C=O) groups excluding carboxylic acids is 3. The summed E-state index contributed by atoms with van der Waals surface area (Å²) in [5.74, 6) is -1.78. The number of rotatable bonds is 9. The Morgan fingerprint density at radius 3 is 2.53 bits per heavy atom. The summed E-state index contributed by atoms with van der Waals surface area (Å²) in [6.07, 6.45) is -0.0510. The molecule has 11 heteroatoms. The van der Waals surface area contributed by atoms with Gasteiger partial charge in [0, 0.05) is 43.5 Å². The van der Waals surface area contributed by atoms with Crippen LogP contribution in [0.4, 0.5) is 10.5 Å².